The molecule has 0 aliphatic rings. The van der Waals surface area contributed by atoms with Gasteiger partial charge in [-0.1, -0.05) is 230 Å². The molecule has 0 atom stereocenters. The van der Waals surface area contributed by atoms with E-state index in [9.17, 15) is 0 Å². The number of rotatable bonds is 10. The van der Waals surface area contributed by atoms with Crippen molar-refractivity contribution in [1.82, 2.24) is 24.1 Å². The smallest absolute Gasteiger partial charge is 0.164 e. The average molecular weight is 1060 g/mol. The molecule has 0 amide bonds. The van der Waals surface area contributed by atoms with Gasteiger partial charge >= 0.3 is 0 Å². The maximum absolute atomic E-state index is 5.37. The zero-order chi connectivity index (χ0) is 55.5. The molecule has 5 heteroatoms. The summed E-state index contributed by atoms with van der Waals surface area (Å²) in [7, 11) is 0. The lowest BCUT2D eigenvalue weighted by Crippen LogP contribution is -2.04. The Hall–Kier alpha value is -10.8. The van der Waals surface area contributed by atoms with Gasteiger partial charge in [0.2, 0.25) is 0 Å². The molecule has 5 nitrogen and oxygen atoms in total. The number of aryl methyl sites for hydroxylation is 3. The summed E-state index contributed by atoms with van der Waals surface area (Å²) < 4.78 is 4.96. The fourth-order valence-electron chi connectivity index (χ4n) is 12.7. The second kappa shape index (κ2) is 20.4. The first-order valence-corrected chi connectivity index (χ1v) is 28.4. The van der Waals surface area contributed by atoms with Crippen molar-refractivity contribution in [2.75, 3.05) is 0 Å². The molecule has 0 N–H and O–H groups in total. The standard InChI is InChI=1S/C78H55N5/c1-50-44-51(2)74(52(3)45-50)61-40-42-72-68(46-61)69-49-63(82-70-30-18-16-28-64(70)65-29-17-19-31-71(65)82)41-43-73(69)83(72)75-66(57-36-32-55(33-37-57)53-20-8-4-9-21-53)47-62(48-67(75)58-38-34-56(35-39-58)54-22-10-5-11-23-54)78-80-76(59-24-12-6-13-25-59)79-77(81-78)60-26-14-7-15-27-60/h4-49H,1-3H3. The maximum atomic E-state index is 5.37. The first-order valence-electron chi connectivity index (χ1n) is 28.4. The van der Waals surface area contributed by atoms with E-state index in [1.165, 1.54) is 49.6 Å². The van der Waals surface area contributed by atoms with Crippen LogP contribution in [-0.2, 0) is 0 Å². The first kappa shape index (κ1) is 49.3. The van der Waals surface area contributed by atoms with Crippen LogP contribution in [0.3, 0.4) is 0 Å². The largest absolute Gasteiger partial charge is 0.309 e. The van der Waals surface area contributed by atoms with Gasteiger partial charge in [-0.05, 0) is 131 Å². The molecule has 3 heterocycles. The zero-order valence-electron chi connectivity index (χ0n) is 46.3. The Morgan fingerprint density at radius 1 is 0.253 bits per heavy atom. The van der Waals surface area contributed by atoms with Crippen LogP contribution in [0.1, 0.15) is 16.7 Å². The van der Waals surface area contributed by atoms with Gasteiger partial charge in [-0.3, -0.25) is 0 Å². The molecule has 3 aromatic heterocycles. The van der Waals surface area contributed by atoms with Gasteiger partial charge in [-0.2, -0.15) is 0 Å². The topological polar surface area (TPSA) is 48.5 Å². The molecule has 0 fully saturated rings. The molecule has 0 bridgehead atoms. The van der Waals surface area contributed by atoms with Crippen molar-refractivity contribution in [3.05, 3.63) is 296 Å². The molecule has 83 heavy (non-hydrogen) atoms. The van der Waals surface area contributed by atoms with Crippen LogP contribution in [0.2, 0.25) is 0 Å². The highest BCUT2D eigenvalue weighted by Gasteiger charge is 2.25. The summed E-state index contributed by atoms with van der Waals surface area (Å²) in [6.45, 7) is 6.67. The normalized spacial score (nSPS) is 11.6. The van der Waals surface area contributed by atoms with E-state index < -0.39 is 0 Å². The van der Waals surface area contributed by atoms with Crippen molar-refractivity contribution in [2.45, 2.75) is 20.8 Å². The van der Waals surface area contributed by atoms with E-state index in [1.54, 1.807) is 0 Å². The second-order valence-electron chi connectivity index (χ2n) is 21.8. The highest BCUT2D eigenvalue weighted by molar-refractivity contribution is 6.14. The van der Waals surface area contributed by atoms with Crippen LogP contribution >= 0.6 is 0 Å². The van der Waals surface area contributed by atoms with Crippen LogP contribution < -0.4 is 0 Å². The number of hydrogen-bond donors (Lipinski definition) is 0. The Kier molecular flexibility index (Phi) is 12.1. The molecule has 0 aliphatic heterocycles. The lowest BCUT2D eigenvalue weighted by Gasteiger charge is -2.22. The van der Waals surface area contributed by atoms with E-state index in [4.69, 9.17) is 15.0 Å². The van der Waals surface area contributed by atoms with Gasteiger partial charge in [-0.15, -0.1) is 0 Å². The third kappa shape index (κ3) is 8.78. The molecule has 12 aromatic carbocycles. The first-order chi connectivity index (χ1) is 40.9. The Bertz CT molecular complexity index is 4710. The van der Waals surface area contributed by atoms with Gasteiger partial charge in [0.25, 0.3) is 0 Å². The molecular weight excluding hydrogens is 1010 g/mol. The van der Waals surface area contributed by atoms with Gasteiger partial charge in [0.05, 0.1) is 27.8 Å². The molecule has 0 saturated carbocycles. The number of benzene rings is 12. The van der Waals surface area contributed by atoms with Crippen molar-refractivity contribution < 1.29 is 0 Å². The number of nitrogens with zero attached hydrogens (tertiary/aromatic N) is 5. The van der Waals surface area contributed by atoms with Crippen LogP contribution in [0, 0.1) is 20.8 Å². The van der Waals surface area contributed by atoms with E-state index in [0.717, 1.165) is 94.4 Å². The average Bonchev–Trinajstić information content (AvgIpc) is 2.18. The summed E-state index contributed by atoms with van der Waals surface area (Å²) in [6.07, 6.45) is 0. The predicted molar refractivity (Wildman–Crippen MR) is 346 cm³/mol. The van der Waals surface area contributed by atoms with Crippen LogP contribution in [0.4, 0.5) is 0 Å². The fourth-order valence-corrected chi connectivity index (χ4v) is 12.7. The molecule has 0 saturated heterocycles. The van der Waals surface area contributed by atoms with E-state index in [2.05, 4.69) is 273 Å². The Morgan fingerprint density at radius 2 is 0.614 bits per heavy atom. The summed E-state index contributed by atoms with van der Waals surface area (Å²) in [4.78, 5) is 15.9. The monoisotopic (exact) mass is 1060 g/mol. The minimum Gasteiger partial charge on any atom is -0.309 e. The van der Waals surface area contributed by atoms with Crippen LogP contribution in [0.15, 0.2) is 279 Å². The maximum Gasteiger partial charge on any atom is 0.164 e. The van der Waals surface area contributed by atoms with Crippen molar-refractivity contribution in [3.8, 4) is 101 Å². The van der Waals surface area contributed by atoms with E-state index in [-0.39, 0.29) is 0 Å². The molecule has 0 radical (unpaired) electrons. The molecule has 392 valence electrons. The minimum absolute atomic E-state index is 0.583. The summed E-state index contributed by atoms with van der Waals surface area (Å²) in [5, 5.41) is 4.78. The number of para-hydroxylation sites is 2. The lowest BCUT2D eigenvalue weighted by molar-refractivity contribution is 1.07. The molecule has 0 aliphatic carbocycles. The van der Waals surface area contributed by atoms with E-state index in [0.29, 0.717) is 17.5 Å². The summed E-state index contributed by atoms with van der Waals surface area (Å²) in [5.74, 6) is 1.80. The molecule has 0 unspecified atom stereocenters. The summed E-state index contributed by atoms with van der Waals surface area (Å²) in [6, 6.07) is 101. The Labute approximate surface area is 482 Å². The van der Waals surface area contributed by atoms with Gasteiger partial charge in [0.1, 0.15) is 0 Å². The second-order valence-corrected chi connectivity index (χ2v) is 21.8. The molecular formula is C78H55N5. The van der Waals surface area contributed by atoms with Crippen LogP contribution in [0.25, 0.3) is 145 Å². The number of fused-ring (bicyclic) bond motifs is 6. The minimum atomic E-state index is 0.583. The summed E-state index contributed by atoms with van der Waals surface area (Å²) >= 11 is 0. The van der Waals surface area contributed by atoms with E-state index in [1.807, 2.05) is 36.4 Å². The number of hydrogen-bond acceptors (Lipinski definition) is 3. The van der Waals surface area contributed by atoms with Crippen LogP contribution in [0.5, 0.6) is 0 Å². The van der Waals surface area contributed by atoms with E-state index >= 15 is 0 Å². The molecule has 15 rings (SSSR count). The van der Waals surface area contributed by atoms with Crippen LogP contribution in [-0.4, -0.2) is 24.1 Å². The van der Waals surface area contributed by atoms with Gasteiger partial charge < -0.3 is 9.13 Å². The van der Waals surface area contributed by atoms with Crippen molar-refractivity contribution in [2.24, 2.45) is 0 Å². The highest BCUT2D eigenvalue weighted by atomic mass is 15.0. The Morgan fingerprint density at radius 3 is 1.10 bits per heavy atom. The fraction of sp³-hybridized carbons (Fsp3) is 0.0385. The van der Waals surface area contributed by atoms with Gasteiger partial charge in [0, 0.05) is 55.0 Å². The highest BCUT2D eigenvalue weighted by Crippen LogP contribution is 2.46. The predicted octanol–water partition coefficient (Wildman–Crippen LogP) is 20.3. The quantitative estimate of drug-likeness (QED) is 0.137. The molecule has 15 aromatic rings. The van der Waals surface area contributed by atoms with Gasteiger partial charge in [-0.25, -0.2) is 15.0 Å². The Balaban J connectivity index is 1.06. The lowest BCUT2D eigenvalue weighted by atomic mass is 9.91. The third-order valence-electron chi connectivity index (χ3n) is 16.4. The van der Waals surface area contributed by atoms with Gasteiger partial charge in [0.15, 0.2) is 17.5 Å². The SMILES string of the molecule is Cc1cc(C)c(-c2ccc3c(c2)c2cc(-n4c5ccccc5c5ccccc54)ccc2n3-c2c(-c3ccc(-c4ccccc4)cc3)cc(-c3nc(-c4ccccc4)nc(-c4ccccc4)n3)cc2-c2ccc(-c3ccccc3)cc2)c(C)c1. The zero-order valence-corrected chi connectivity index (χ0v) is 46.3. The molecule has 0 spiro atoms. The summed E-state index contributed by atoms with van der Waals surface area (Å²) in [5.41, 5.74) is 24.4. The van der Waals surface area contributed by atoms with Crippen molar-refractivity contribution in [1.29, 1.82) is 0 Å². The third-order valence-corrected chi connectivity index (χ3v) is 16.4. The van der Waals surface area contributed by atoms with Crippen molar-refractivity contribution in [3.63, 3.8) is 0 Å². The number of aromatic nitrogens is 5. The van der Waals surface area contributed by atoms with Crippen molar-refractivity contribution >= 4 is 43.6 Å².